The Balaban J connectivity index is 2.13. The van der Waals surface area contributed by atoms with Crippen molar-refractivity contribution in [3.05, 3.63) is 23.8 Å². The van der Waals surface area contributed by atoms with Gasteiger partial charge in [0.15, 0.2) is 6.29 Å². The van der Waals surface area contributed by atoms with Crippen molar-refractivity contribution in [2.24, 2.45) is 0 Å². The monoisotopic (exact) mass is 223 g/mol. The third kappa shape index (κ3) is 2.38. The molecule has 0 N–H and O–H groups in total. The molecule has 0 bridgehead atoms. The largest absolute Gasteiger partial charge is 0.489 e. The number of aldehydes is 1. The number of hydrogen-bond donors (Lipinski definition) is 0. The number of rotatable bonds is 3. The number of aromatic nitrogens is 1. The Morgan fingerprint density at radius 2 is 2.12 bits per heavy atom. The molecule has 0 spiro atoms. The molecule has 0 aromatic carbocycles. The highest BCUT2D eigenvalue weighted by atomic mass is 19.1. The third-order valence-electron chi connectivity index (χ3n) is 2.87. The van der Waals surface area contributed by atoms with Gasteiger partial charge < -0.3 is 4.74 Å². The molecule has 0 radical (unpaired) electrons. The van der Waals surface area contributed by atoms with E-state index in [9.17, 15) is 9.18 Å². The lowest BCUT2D eigenvalue weighted by molar-refractivity contribution is 0.110. The third-order valence-corrected chi connectivity index (χ3v) is 2.87. The van der Waals surface area contributed by atoms with Crippen LogP contribution in [0.2, 0.25) is 0 Å². The number of ether oxygens (including phenoxy) is 1. The molecule has 0 aliphatic heterocycles. The fourth-order valence-corrected chi connectivity index (χ4v) is 2.00. The first kappa shape index (κ1) is 11.0. The Morgan fingerprint density at radius 1 is 1.38 bits per heavy atom. The second-order valence-corrected chi connectivity index (χ2v) is 4.01. The van der Waals surface area contributed by atoms with Crippen molar-refractivity contribution in [3.8, 4) is 5.75 Å². The fourth-order valence-electron chi connectivity index (χ4n) is 2.00. The summed E-state index contributed by atoms with van der Waals surface area (Å²) in [5.41, 5.74) is -0.0759. The average Bonchev–Trinajstić information content (AvgIpc) is 2.31. The van der Waals surface area contributed by atoms with Gasteiger partial charge in [-0.05, 0) is 31.7 Å². The first-order valence-corrected chi connectivity index (χ1v) is 5.57. The average molecular weight is 223 g/mol. The highest BCUT2D eigenvalue weighted by Gasteiger charge is 2.18. The van der Waals surface area contributed by atoms with E-state index in [1.54, 1.807) is 6.07 Å². The number of carbonyl (C=O) groups is 1. The van der Waals surface area contributed by atoms with Crippen molar-refractivity contribution in [2.75, 3.05) is 0 Å². The van der Waals surface area contributed by atoms with Gasteiger partial charge in [0.25, 0.3) is 0 Å². The van der Waals surface area contributed by atoms with E-state index in [1.165, 1.54) is 12.6 Å². The van der Waals surface area contributed by atoms with E-state index in [4.69, 9.17) is 4.74 Å². The van der Waals surface area contributed by atoms with Gasteiger partial charge in [-0.25, -0.2) is 4.98 Å². The lowest BCUT2D eigenvalue weighted by Gasteiger charge is -2.23. The minimum atomic E-state index is -0.761. The summed E-state index contributed by atoms with van der Waals surface area (Å²) in [6.07, 6.45) is 7.33. The van der Waals surface area contributed by atoms with E-state index >= 15 is 0 Å². The topological polar surface area (TPSA) is 39.2 Å². The van der Waals surface area contributed by atoms with Crippen LogP contribution in [0.5, 0.6) is 5.75 Å². The van der Waals surface area contributed by atoms with Gasteiger partial charge in [-0.2, -0.15) is 4.39 Å². The van der Waals surface area contributed by atoms with Crippen LogP contribution in [0.3, 0.4) is 0 Å². The van der Waals surface area contributed by atoms with E-state index in [-0.39, 0.29) is 11.7 Å². The van der Waals surface area contributed by atoms with Gasteiger partial charge in [0, 0.05) is 6.20 Å². The van der Waals surface area contributed by atoms with Crippen LogP contribution in [-0.2, 0) is 0 Å². The lowest BCUT2D eigenvalue weighted by atomic mass is 9.98. The van der Waals surface area contributed by atoms with Crippen LogP contribution in [0.4, 0.5) is 4.39 Å². The highest BCUT2D eigenvalue weighted by molar-refractivity contribution is 5.78. The van der Waals surface area contributed by atoms with Crippen molar-refractivity contribution < 1.29 is 13.9 Å². The second kappa shape index (κ2) is 5.05. The molecule has 1 aromatic rings. The molecule has 1 aromatic heterocycles. The van der Waals surface area contributed by atoms with Crippen molar-refractivity contribution >= 4 is 6.29 Å². The smallest absolute Gasteiger partial charge is 0.227 e. The fraction of sp³-hybridized carbons (Fsp3) is 0.500. The number of hydrogen-bond acceptors (Lipinski definition) is 3. The Kier molecular flexibility index (Phi) is 3.49. The van der Waals surface area contributed by atoms with Crippen molar-refractivity contribution in [2.45, 2.75) is 38.2 Å². The number of pyridine rings is 1. The summed E-state index contributed by atoms with van der Waals surface area (Å²) < 4.78 is 18.8. The van der Waals surface area contributed by atoms with Gasteiger partial charge in [0.2, 0.25) is 5.95 Å². The van der Waals surface area contributed by atoms with Gasteiger partial charge >= 0.3 is 0 Å². The number of carbonyl (C=O) groups excluding carboxylic acids is 1. The molecule has 1 saturated carbocycles. The van der Waals surface area contributed by atoms with Gasteiger partial charge in [0.05, 0.1) is 6.10 Å². The van der Waals surface area contributed by atoms with Crippen molar-refractivity contribution in [3.63, 3.8) is 0 Å². The standard InChI is InChI=1S/C12H14FNO2/c13-12-10(8-15)11(6-7-14-12)16-9-4-2-1-3-5-9/h6-9H,1-5H2. The molecule has 0 saturated heterocycles. The maximum absolute atomic E-state index is 13.2. The maximum atomic E-state index is 13.2. The van der Waals surface area contributed by atoms with Gasteiger partial charge in [-0.1, -0.05) is 6.42 Å². The molecule has 2 rings (SSSR count). The first-order valence-electron chi connectivity index (χ1n) is 5.57. The van der Waals surface area contributed by atoms with Crippen molar-refractivity contribution in [1.82, 2.24) is 4.98 Å². The summed E-state index contributed by atoms with van der Waals surface area (Å²) >= 11 is 0. The Labute approximate surface area is 93.6 Å². The molecule has 0 amide bonds. The zero-order valence-corrected chi connectivity index (χ0v) is 8.99. The first-order chi connectivity index (χ1) is 7.81. The molecule has 1 aliphatic carbocycles. The molecule has 3 nitrogen and oxygen atoms in total. The number of nitrogens with zero attached hydrogens (tertiary/aromatic N) is 1. The van der Waals surface area contributed by atoms with Crippen LogP contribution >= 0.6 is 0 Å². The zero-order chi connectivity index (χ0) is 11.4. The van der Waals surface area contributed by atoms with Gasteiger partial charge in [-0.3, -0.25) is 4.79 Å². The summed E-state index contributed by atoms with van der Waals surface area (Å²) in [7, 11) is 0. The molecule has 1 fully saturated rings. The molecular weight excluding hydrogens is 209 g/mol. The van der Waals surface area contributed by atoms with Gasteiger partial charge in [0.1, 0.15) is 11.3 Å². The molecular formula is C12H14FNO2. The summed E-state index contributed by atoms with van der Waals surface area (Å²) in [6, 6.07) is 1.54. The molecule has 0 unspecified atom stereocenters. The molecule has 86 valence electrons. The van der Waals surface area contributed by atoms with Gasteiger partial charge in [-0.15, -0.1) is 0 Å². The molecule has 0 atom stereocenters. The van der Waals surface area contributed by atoms with E-state index in [2.05, 4.69) is 4.98 Å². The summed E-state index contributed by atoms with van der Waals surface area (Å²) in [4.78, 5) is 14.2. The quantitative estimate of drug-likeness (QED) is 0.584. The summed E-state index contributed by atoms with van der Waals surface area (Å²) in [6.45, 7) is 0. The SMILES string of the molecule is O=Cc1c(OC2CCCCC2)ccnc1F. The predicted octanol–water partition coefficient (Wildman–Crippen LogP) is 2.74. The highest BCUT2D eigenvalue weighted by Crippen LogP contribution is 2.25. The van der Waals surface area contributed by atoms with Crippen LogP contribution in [0.25, 0.3) is 0 Å². The van der Waals surface area contributed by atoms with Crippen LogP contribution in [0.15, 0.2) is 12.3 Å². The summed E-state index contributed by atoms with van der Waals surface area (Å²) in [5, 5.41) is 0. The van der Waals surface area contributed by atoms with E-state index in [0.29, 0.717) is 12.0 Å². The Morgan fingerprint density at radius 3 is 2.81 bits per heavy atom. The van der Waals surface area contributed by atoms with Crippen LogP contribution < -0.4 is 4.74 Å². The van der Waals surface area contributed by atoms with Crippen LogP contribution in [-0.4, -0.2) is 17.4 Å². The van der Waals surface area contributed by atoms with E-state index in [0.717, 1.165) is 25.7 Å². The normalized spacial score (nSPS) is 17.1. The minimum absolute atomic E-state index is 0.0759. The molecule has 16 heavy (non-hydrogen) atoms. The molecule has 1 aliphatic rings. The van der Waals surface area contributed by atoms with Crippen molar-refractivity contribution in [1.29, 1.82) is 0 Å². The Bertz CT molecular complexity index is 375. The predicted molar refractivity (Wildman–Crippen MR) is 57.1 cm³/mol. The number of halogens is 1. The van der Waals surface area contributed by atoms with E-state index < -0.39 is 5.95 Å². The van der Waals surface area contributed by atoms with E-state index in [1.807, 2.05) is 0 Å². The lowest BCUT2D eigenvalue weighted by Crippen LogP contribution is -2.20. The second-order valence-electron chi connectivity index (χ2n) is 4.01. The maximum Gasteiger partial charge on any atom is 0.227 e. The Hall–Kier alpha value is -1.45. The molecule has 4 heteroatoms. The minimum Gasteiger partial charge on any atom is -0.489 e. The summed E-state index contributed by atoms with van der Waals surface area (Å²) in [5.74, 6) is -0.447. The zero-order valence-electron chi connectivity index (χ0n) is 8.99. The van der Waals surface area contributed by atoms with Crippen LogP contribution in [0.1, 0.15) is 42.5 Å². The molecule has 1 heterocycles. The van der Waals surface area contributed by atoms with Crippen LogP contribution in [0, 0.1) is 5.95 Å².